The highest BCUT2D eigenvalue weighted by Crippen LogP contribution is 2.44. The van der Waals surface area contributed by atoms with E-state index in [-0.39, 0.29) is 30.1 Å². The van der Waals surface area contributed by atoms with Gasteiger partial charge in [0, 0.05) is 72.0 Å². The molecule has 4 N–H and O–H groups in total. The fourth-order valence-electron chi connectivity index (χ4n) is 10.7. The van der Waals surface area contributed by atoms with E-state index in [2.05, 4.69) is 170 Å². The van der Waals surface area contributed by atoms with E-state index in [1.807, 2.05) is 0 Å². The lowest BCUT2D eigenvalue weighted by Gasteiger charge is -2.38. The van der Waals surface area contributed by atoms with Crippen LogP contribution in [-0.4, -0.2) is 48.3 Å². The maximum absolute atomic E-state index is 4.35. The number of rotatable bonds is 4. The first kappa shape index (κ1) is 34.0. The topological polar surface area (TPSA) is 48.1 Å². The summed E-state index contributed by atoms with van der Waals surface area (Å²) in [5.74, 6) is 1.36. The summed E-state index contributed by atoms with van der Waals surface area (Å²) in [5, 5.41) is 17.2. The van der Waals surface area contributed by atoms with Crippen LogP contribution >= 0.6 is 0 Å². The second kappa shape index (κ2) is 14.2. The number of hydrogen-bond donors (Lipinski definition) is 4. The number of benzene rings is 4. The predicted octanol–water partition coefficient (Wildman–Crippen LogP) is 8.40. The molecule has 3 saturated heterocycles. The molecule has 10 unspecified atom stereocenters. The van der Waals surface area contributed by atoms with Crippen molar-refractivity contribution in [2.45, 2.75) is 125 Å². The molecule has 3 fully saturated rings. The largest absolute Gasteiger partial charge is 0.310 e. The van der Waals surface area contributed by atoms with E-state index >= 15 is 0 Å². The molecular weight excluding hydrogens is 633 g/mol. The van der Waals surface area contributed by atoms with Crippen molar-refractivity contribution in [1.29, 1.82) is 0 Å². The molecule has 52 heavy (non-hydrogen) atoms. The zero-order valence-electron chi connectivity index (χ0n) is 31.3. The quantitative estimate of drug-likeness (QED) is 0.163. The molecule has 0 saturated carbocycles. The van der Waals surface area contributed by atoms with E-state index in [0.717, 1.165) is 0 Å². The van der Waals surface area contributed by atoms with Gasteiger partial charge in [0.2, 0.25) is 0 Å². The minimum Gasteiger partial charge on any atom is -0.310 e. The van der Waals surface area contributed by atoms with Crippen LogP contribution in [0.2, 0.25) is 0 Å². The third kappa shape index (κ3) is 6.53. The van der Waals surface area contributed by atoms with E-state index in [1.165, 1.54) is 70.2 Å². The van der Waals surface area contributed by atoms with Gasteiger partial charge in [0.05, 0.1) is 0 Å². The van der Waals surface area contributed by atoms with Gasteiger partial charge in [0.25, 0.3) is 0 Å². The van der Waals surface area contributed by atoms with Crippen LogP contribution in [0.1, 0.15) is 93.9 Å². The summed E-state index contributed by atoms with van der Waals surface area (Å²) in [6.07, 6.45) is 14.8. The van der Waals surface area contributed by atoms with Crippen LogP contribution in [0.4, 0.5) is 0 Å². The van der Waals surface area contributed by atoms with Crippen LogP contribution < -0.4 is 21.3 Å². The lowest BCUT2D eigenvalue weighted by molar-refractivity contribution is 0.316. The molecule has 4 nitrogen and oxygen atoms in total. The van der Waals surface area contributed by atoms with E-state index in [4.69, 9.17) is 0 Å². The summed E-state index contributed by atoms with van der Waals surface area (Å²) in [6, 6.07) is 40.2. The molecule has 0 amide bonds. The Hall–Kier alpha value is -3.80. The Morgan fingerprint density at radius 2 is 0.558 bits per heavy atom. The van der Waals surface area contributed by atoms with Gasteiger partial charge in [-0.2, -0.15) is 0 Å². The van der Waals surface area contributed by atoms with Crippen molar-refractivity contribution in [3.8, 4) is 0 Å². The third-order valence-corrected chi connectivity index (χ3v) is 13.4. The van der Waals surface area contributed by atoms with E-state index in [9.17, 15) is 0 Å². The van der Waals surface area contributed by atoms with E-state index in [1.54, 1.807) is 0 Å². The second-order valence-corrected chi connectivity index (χ2v) is 16.9. The summed E-state index contributed by atoms with van der Waals surface area (Å²) >= 11 is 0. The van der Waals surface area contributed by atoms with Gasteiger partial charge in [-0.25, -0.2) is 0 Å². The molecule has 0 spiro atoms. The first-order chi connectivity index (χ1) is 25.4. The monoisotopic (exact) mass is 688 g/mol. The van der Waals surface area contributed by atoms with Crippen molar-refractivity contribution in [3.05, 3.63) is 166 Å². The number of fused-ring (bicyclic) bond motifs is 8. The van der Waals surface area contributed by atoms with Gasteiger partial charge in [-0.1, -0.05) is 144 Å². The Bertz CT molecular complexity index is 1800. The lowest BCUT2D eigenvalue weighted by atomic mass is 9.83. The molecule has 268 valence electrons. The van der Waals surface area contributed by atoms with Crippen LogP contribution in [0, 0.1) is 27.7 Å². The maximum Gasteiger partial charge on any atom is 0.0343 e. The normalized spacial score (nSPS) is 35.3. The molecule has 10 atom stereocenters. The van der Waals surface area contributed by atoms with Crippen LogP contribution in [0.15, 0.2) is 121 Å². The third-order valence-electron chi connectivity index (χ3n) is 13.4. The predicted molar refractivity (Wildman–Crippen MR) is 215 cm³/mol. The lowest BCUT2D eigenvalue weighted by Crippen LogP contribution is -2.52. The average Bonchev–Trinajstić information content (AvgIpc) is 3.99. The van der Waals surface area contributed by atoms with Crippen LogP contribution in [0.3, 0.4) is 0 Å². The summed E-state index contributed by atoms with van der Waals surface area (Å²) in [5.41, 5.74) is 11.0. The molecule has 5 aliphatic rings. The molecule has 0 aliphatic carbocycles. The second-order valence-electron chi connectivity index (χ2n) is 16.9. The molecule has 5 aliphatic heterocycles. The zero-order valence-corrected chi connectivity index (χ0v) is 31.3. The molecule has 4 aromatic carbocycles. The SMILES string of the molecule is Cc1ccc(C2C3C=CC(N3)C(c3ccc(C)cc3)C3CCC(N3)C(c3ccc(C)cc3)C3CCC(N3)C(c3ccc(C)cc3)C3C=CC2N3)cc1. The van der Waals surface area contributed by atoms with E-state index < -0.39 is 0 Å². The fourth-order valence-corrected chi connectivity index (χ4v) is 10.7. The molecule has 9 rings (SSSR count). The first-order valence-corrected chi connectivity index (χ1v) is 20.0. The van der Waals surface area contributed by atoms with Gasteiger partial charge >= 0.3 is 0 Å². The Morgan fingerprint density at radius 1 is 0.308 bits per heavy atom. The highest BCUT2D eigenvalue weighted by Gasteiger charge is 2.47. The summed E-state index contributed by atoms with van der Waals surface area (Å²) in [4.78, 5) is 0. The minimum absolute atomic E-state index is 0.221. The van der Waals surface area contributed by atoms with E-state index in [0.29, 0.717) is 41.9 Å². The Kier molecular flexibility index (Phi) is 9.29. The molecule has 4 aromatic rings. The highest BCUT2D eigenvalue weighted by molar-refractivity contribution is 5.39. The van der Waals surface area contributed by atoms with Gasteiger partial charge in [0.1, 0.15) is 0 Å². The van der Waals surface area contributed by atoms with Crippen LogP contribution in [-0.2, 0) is 0 Å². The number of nitrogens with one attached hydrogen (secondary N) is 4. The molecule has 0 aromatic heterocycles. The molecule has 0 radical (unpaired) electrons. The number of aryl methyl sites for hydroxylation is 4. The van der Waals surface area contributed by atoms with Crippen LogP contribution in [0.5, 0.6) is 0 Å². The summed E-state index contributed by atoms with van der Waals surface area (Å²) < 4.78 is 0. The van der Waals surface area contributed by atoms with Crippen LogP contribution in [0.25, 0.3) is 0 Å². The van der Waals surface area contributed by atoms with Crippen molar-refractivity contribution in [3.63, 3.8) is 0 Å². The minimum atomic E-state index is 0.221. The van der Waals surface area contributed by atoms with Gasteiger partial charge in [0.15, 0.2) is 0 Å². The Labute approximate surface area is 311 Å². The van der Waals surface area contributed by atoms with Crippen molar-refractivity contribution in [1.82, 2.24) is 21.3 Å². The smallest absolute Gasteiger partial charge is 0.0343 e. The Morgan fingerprint density at radius 3 is 0.885 bits per heavy atom. The van der Waals surface area contributed by atoms with Crippen molar-refractivity contribution in [2.24, 2.45) is 0 Å². The van der Waals surface area contributed by atoms with Gasteiger partial charge in [-0.3, -0.25) is 0 Å². The average molecular weight is 689 g/mol. The fraction of sp³-hybridized carbons (Fsp3) is 0.417. The van der Waals surface area contributed by atoms with Crippen molar-refractivity contribution in [2.75, 3.05) is 0 Å². The summed E-state index contributed by atoms with van der Waals surface area (Å²) in [6.45, 7) is 8.82. The molecule has 4 heteroatoms. The van der Waals surface area contributed by atoms with Gasteiger partial charge in [-0.05, 0) is 75.6 Å². The van der Waals surface area contributed by atoms with Crippen molar-refractivity contribution < 1.29 is 0 Å². The standard InChI is InChI=1S/C48H56N4/c1-29-5-13-33(14-6-29)45-37-21-23-39(49-37)46(34-15-7-30(2)8-16-34)41-25-27-43(51-41)48(36-19-11-32(4)12-20-36)44-28-26-42(52-44)47(40-24-22-38(45)50-40)35-17-9-31(3)10-18-35/h5-24,37-52H,25-28H2,1-4H3. The zero-order chi connectivity index (χ0) is 35.3. The molecule has 5 heterocycles. The first-order valence-electron chi connectivity index (χ1n) is 20.0. The molecular formula is C48H56N4. The number of hydrogen-bond acceptors (Lipinski definition) is 4. The molecule has 8 bridgehead atoms. The maximum atomic E-state index is 4.35. The van der Waals surface area contributed by atoms with Gasteiger partial charge in [-0.15, -0.1) is 0 Å². The van der Waals surface area contributed by atoms with Crippen molar-refractivity contribution >= 4 is 0 Å². The highest BCUT2D eigenvalue weighted by atomic mass is 15.1. The Balaban J connectivity index is 1.14. The van der Waals surface area contributed by atoms with Gasteiger partial charge < -0.3 is 21.3 Å². The summed E-state index contributed by atoms with van der Waals surface area (Å²) in [7, 11) is 0.